The van der Waals surface area contributed by atoms with E-state index in [-0.39, 0.29) is 23.5 Å². The van der Waals surface area contributed by atoms with Crippen molar-refractivity contribution < 1.29 is 9.53 Å². The third-order valence-electron chi connectivity index (χ3n) is 2.55. The Balaban J connectivity index is 2.05. The number of benzene rings is 1. The molecule has 22 heavy (non-hydrogen) atoms. The van der Waals surface area contributed by atoms with Crippen molar-refractivity contribution in [2.24, 2.45) is 0 Å². The Labute approximate surface area is 126 Å². The van der Waals surface area contributed by atoms with E-state index in [0.29, 0.717) is 11.3 Å². The fraction of sp³-hybridized carbons (Fsp3) is 0.214. The molecule has 112 valence electrons. The molecular weight excluding hydrogens is 284 g/mol. The first-order valence-corrected chi connectivity index (χ1v) is 6.52. The molecule has 0 fully saturated rings. The van der Waals surface area contributed by atoms with E-state index in [1.54, 1.807) is 38.1 Å². The SMILES string of the molecule is CC(C)OC(=O)c1ccc(NC=C(C#N)c2nn[nH]n2)cc1. The third-order valence-corrected chi connectivity index (χ3v) is 2.55. The van der Waals surface area contributed by atoms with Crippen molar-refractivity contribution in [3.05, 3.63) is 41.9 Å². The van der Waals surface area contributed by atoms with Gasteiger partial charge in [-0.15, -0.1) is 10.2 Å². The first kappa shape index (κ1) is 15.2. The molecule has 0 radical (unpaired) electrons. The molecule has 0 amide bonds. The highest BCUT2D eigenvalue weighted by Crippen LogP contribution is 2.13. The van der Waals surface area contributed by atoms with Crippen molar-refractivity contribution in [1.82, 2.24) is 20.6 Å². The molecule has 0 aliphatic rings. The van der Waals surface area contributed by atoms with E-state index < -0.39 is 0 Å². The van der Waals surface area contributed by atoms with Gasteiger partial charge in [-0.05, 0) is 43.3 Å². The van der Waals surface area contributed by atoms with Gasteiger partial charge >= 0.3 is 5.97 Å². The quantitative estimate of drug-likeness (QED) is 0.637. The summed E-state index contributed by atoms with van der Waals surface area (Å²) in [5.74, 6) is -0.172. The zero-order valence-corrected chi connectivity index (χ0v) is 12.1. The molecule has 1 aromatic heterocycles. The first-order valence-electron chi connectivity index (χ1n) is 6.52. The number of anilines is 1. The summed E-state index contributed by atoms with van der Waals surface area (Å²) in [6.07, 6.45) is 1.30. The smallest absolute Gasteiger partial charge is 0.338 e. The van der Waals surface area contributed by atoms with Crippen LogP contribution in [0.4, 0.5) is 5.69 Å². The number of nitrogens with one attached hydrogen (secondary N) is 2. The van der Waals surface area contributed by atoms with E-state index in [4.69, 9.17) is 10.00 Å². The Kier molecular flexibility index (Phi) is 4.82. The average Bonchev–Trinajstić information content (AvgIpc) is 3.02. The Hall–Kier alpha value is -3.21. The lowest BCUT2D eigenvalue weighted by Gasteiger charge is -2.08. The molecule has 0 atom stereocenters. The second kappa shape index (κ2) is 6.99. The van der Waals surface area contributed by atoms with E-state index in [9.17, 15) is 4.79 Å². The number of aromatic nitrogens is 4. The maximum absolute atomic E-state index is 11.7. The van der Waals surface area contributed by atoms with Crippen LogP contribution in [0.3, 0.4) is 0 Å². The summed E-state index contributed by atoms with van der Waals surface area (Å²) >= 11 is 0. The molecular formula is C14H14N6O2. The fourth-order valence-corrected chi connectivity index (χ4v) is 1.56. The van der Waals surface area contributed by atoms with Gasteiger partial charge in [0.05, 0.1) is 11.7 Å². The first-order chi connectivity index (χ1) is 10.6. The Morgan fingerprint density at radius 2 is 2.14 bits per heavy atom. The molecule has 0 unspecified atom stereocenters. The number of tetrazole rings is 1. The van der Waals surface area contributed by atoms with Gasteiger partial charge in [0.2, 0.25) is 5.82 Å². The molecule has 1 aromatic carbocycles. The summed E-state index contributed by atoms with van der Waals surface area (Å²) < 4.78 is 5.10. The predicted octanol–water partition coefficient (Wildman–Crippen LogP) is 1.74. The summed E-state index contributed by atoms with van der Waals surface area (Å²) in [7, 11) is 0. The van der Waals surface area contributed by atoms with Crippen LogP contribution in [0.15, 0.2) is 30.5 Å². The van der Waals surface area contributed by atoms with Crippen LogP contribution in [-0.4, -0.2) is 32.7 Å². The monoisotopic (exact) mass is 298 g/mol. The van der Waals surface area contributed by atoms with Crippen LogP contribution in [0.5, 0.6) is 0 Å². The molecule has 0 saturated carbocycles. The summed E-state index contributed by atoms with van der Waals surface area (Å²) in [5.41, 5.74) is 1.40. The van der Waals surface area contributed by atoms with Crippen LogP contribution in [0, 0.1) is 11.3 Å². The molecule has 0 spiro atoms. The van der Waals surface area contributed by atoms with Gasteiger partial charge in [-0.1, -0.05) is 0 Å². The second-order valence-corrected chi connectivity index (χ2v) is 4.58. The van der Waals surface area contributed by atoms with Gasteiger partial charge < -0.3 is 10.1 Å². The summed E-state index contributed by atoms with van der Waals surface area (Å²) in [6.45, 7) is 3.58. The Morgan fingerprint density at radius 3 is 2.68 bits per heavy atom. The maximum atomic E-state index is 11.7. The second-order valence-electron chi connectivity index (χ2n) is 4.58. The van der Waals surface area contributed by atoms with Crippen LogP contribution in [0.25, 0.3) is 5.57 Å². The number of esters is 1. The van der Waals surface area contributed by atoms with E-state index in [0.717, 1.165) is 0 Å². The van der Waals surface area contributed by atoms with Crippen molar-refractivity contribution >= 4 is 17.2 Å². The fourth-order valence-electron chi connectivity index (χ4n) is 1.56. The predicted molar refractivity (Wildman–Crippen MR) is 78.4 cm³/mol. The van der Waals surface area contributed by atoms with Gasteiger partial charge in [-0.2, -0.15) is 10.5 Å². The van der Waals surface area contributed by atoms with Gasteiger partial charge in [-0.3, -0.25) is 0 Å². The highest BCUT2D eigenvalue weighted by atomic mass is 16.5. The van der Waals surface area contributed by atoms with Crippen molar-refractivity contribution in [2.75, 3.05) is 5.32 Å². The molecule has 8 nitrogen and oxygen atoms in total. The lowest BCUT2D eigenvalue weighted by Crippen LogP contribution is -2.11. The minimum absolute atomic E-state index is 0.165. The molecule has 0 bridgehead atoms. The number of carbonyl (C=O) groups is 1. The largest absolute Gasteiger partial charge is 0.459 e. The standard InChI is InChI=1S/C14H14N6O2/c1-9(2)22-14(21)10-3-5-12(6-4-10)16-8-11(7-15)13-17-19-20-18-13/h3-6,8-9,16H,1-2H3,(H,17,18,19,20). The third kappa shape index (κ3) is 3.89. The number of hydrogen-bond donors (Lipinski definition) is 2. The van der Waals surface area contributed by atoms with E-state index in [1.165, 1.54) is 6.20 Å². The number of ether oxygens (including phenoxy) is 1. The van der Waals surface area contributed by atoms with Gasteiger partial charge in [0.25, 0.3) is 0 Å². The lowest BCUT2D eigenvalue weighted by atomic mass is 10.2. The van der Waals surface area contributed by atoms with E-state index >= 15 is 0 Å². The number of rotatable bonds is 5. The van der Waals surface area contributed by atoms with Gasteiger partial charge in [0, 0.05) is 11.9 Å². The normalized spacial score (nSPS) is 11.1. The van der Waals surface area contributed by atoms with E-state index in [2.05, 4.69) is 25.9 Å². The van der Waals surface area contributed by atoms with Crippen LogP contribution in [0.1, 0.15) is 30.0 Å². The minimum atomic E-state index is -0.374. The Bertz CT molecular complexity index is 698. The lowest BCUT2D eigenvalue weighted by molar-refractivity contribution is 0.0378. The highest BCUT2D eigenvalue weighted by Gasteiger charge is 2.09. The molecule has 0 saturated heterocycles. The molecule has 8 heteroatoms. The molecule has 0 aliphatic carbocycles. The average molecular weight is 298 g/mol. The summed E-state index contributed by atoms with van der Waals surface area (Å²) in [4.78, 5) is 11.7. The molecule has 2 N–H and O–H groups in total. The topological polar surface area (TPSA) is 117 Å². The van der Waals surface area contributed by atoms with Crippen molar-refractivity contribution in [1.29, 1.82) is 5.26 Å². The van der Waals surface area contributed by atoms with Gasteiger partial charge in [-0.25, -0.2) is 4.79 Å². The highest BCUT2D eigenvalue weighted by molar-refractivity contribution is 5.90. The van der Waals surface area contributed by atoms with Crippen LogP contribution >= 0.6 is 0 Å². The maximum Gasteiger partial charge on any atom is 0.338 e. The number of nitriles is 1. The zero-order chi connectivity index (χ0) is 15.9. The van der Waals surface area contributed by atoms with Crippen LogP contribution < -0.4 is 5.32 Å². The Morgan fingerprint density at radius 1 is 1.41 bits per heavy atom. The number of carbonyl (C=O) groups excluding carboxylic acids is 1. The van der Waals surface area contributed by atoms with Crippen LogP contribution in [-0.2, 0) is 4.74 Å². The van der Waals surface area contributed by atoms with Crippen molar-refractivity contribution in [3.8, 4) is 6.07 Å². The molecule has 0 aliphatic heterocycles. The van der Waals surface area contributed by atoms with Crippen molar-refractivity contribution in [3.63, 3.8) is 0 Å². The minimum Gasteiger partial charge on any atom is -0.459 e. The van der Waals surface area contributed by atoms with Gasteiger partial charge in [0.15, 0.2) is 0 Å². The molecule has 2 rings (SSSR count). The van der Waals surface area contributed by atoms with Crippen LogP contribution in [0.2, 0.25) is 0 Å². The number of aromatic amines is 1. The molecule has 2 aromatic rings. The summed E-state index contributed by atoms with van der Waals surface area (Å²) in [6, 6.07) is 8.66. The summed E-state index contributed by atoms with van der Waals surface area (Å²) in [5, 5.41) is 25.1. The zero-order valence-electron chi connectivity index (χ0n) is 12.1. The molecule has 1 heterocycles. The number of nitrogens with zero attached hydrogens (tertiary/aromatic N) is 4. The number of hydrogen-bond acceptors (Lipinski definition) is 7. The number of allylic oxidation sites excluding steroid dienone is 1. The van der Waals surface area contributed by atoms with Crippen molar-refractivity contribution in [2.45, 2.75) is 20.0 Å². The van der Waals surface area contributed by atoms with E-state index in [1.807, 2.05) is 6.07 Å². The number of H-pyrrole nitrogens is 1. The van der Waals surface area contributed by atoms with Gasteiger partial charge in [0.1, 0.15) is 11.6 Å².